The van der Waals surface area contributed by atoms with Crippen molar-refractivity contribution in [2.24, 2.45) is 0 Å². The summed E-state index contributed by atoms with van der Waals surface area (Å²) in [5.41, 5.74) is -0.675. The lowest BCUT2D eigenvalue weighted by Gasteiger charge is -2.31. The maximum absolute atomic E-state index is 13.9. The number of anilines is 1. The number of aromatic nitrogens is 5. The second kappa shape index (κ2) is 8.52. The van der Waals surface area contributed by atoms with Gasteiger partial charge < -0.3 is 10.2 Å². The van der Waals surface area contributed by atoms with Crippen molar-refractivity contribution in [3.63, 3.8) is 0 Å². The van der Waals surface area contributed by atoms with E-state index in [1.807, 2.05) is 0 Å². The van der Waals surface area contributed by atoms with E-state index in [4.69, 9.17) is 0 Å². The summed E-state index contributed by atoms with van der Waals surface area (Å²) in [4.78, 5) is 23.3. The fraction of sp³-hybridized carbons (Fsp3) is 0.350. The van der Waals surface area contributed by atoms with E-state index in [0.29, 0.717) is 24.7 Å². The van der Waals surface area contributed by atoms with E-state index in [-0.39, 0.29) is 23.5 Å². The van der Waals surface area contributed by atoms with Crippen molar-refractivity contribution in [2.75, 3.05) is 11.9 Å². The van der Waals surface area contributed by atoms with Crippen LogP contribution >= 0.6 is 0 Å². The third-order valence-electron chi connectivity index (χ3n) is 5.42. The van der Waals surface area contributed by atoms with E-state index in [1.165, 1.54) is 29.3 Å². The average molecular weight is 449 g/mol. The Kier molecular flexibility index (Phi) is 5.76. The highest BCUT2D eigenvalue weighted by atomic mass is 19.4. The van der Waals surface area contributed by atoms with E-state index < -0.39 is 23.6 Å². The summed E-state index contributed by atoms with van der Waals surface area (Å²) in [5.74, 6) is -0.817. The Morgan fingerprint density at radius 3 is 2.56 bits per heavy atom. The fourth-order valence-electron chi connectivity index (χ4n) is 3.84. The molecule has 1 unspecified atom stereocenters. The molecule has 1 aromatic carbocycles. The van der Waals surface area contributed by atoms with Gasteiger partial charge >= 0.3 is 6.18 Å². The molecule has 0 spiro atoms. The molecule has 0 saturated heterocycles. The monoisotopic (exact) mass is 449 g/mol. The molecule has 0 bridgehead atoms. The average Bonchev–Trinajstić information content (AvgIpc) is 3.45. The minimum Gasteiger partial charge on any atom is -0.353 e. The van der Waals surface area contributed by atoms with Gasteiger partial charge in [0, 0.05) is 13.1 Å². The van der Waals surface area contributed by atoms with Gasteiger partial charge in [-0.1, -0.05) is 0 Å². The summed E-state index contributed by atoms with van der Waals surface area (Å²) in [6.07, 6.45) is 2.21. The number of benzene rings is 1. The van der Waals surface area contributed by atoms with Crippen molar-refractivity contribution in [3.8, 4) is 5.69 Å². The van der Waals surface area contributed by atoms with Crippen LogP contribution in [0.1, 0.15) is 35.3 Å². The van der Waals surface area contributed by atoms with Crippen LogP contribution in [0.25, 0.3) is 5.69 Å². The van der Waals surface area contributed by atoms with Crippen molar-refractivity contribution in [2.45, 2.75) is 37.5 Å². The number of rotatable bonds is 5. The van der Waals surface area contributed by atoms with Gasteiger partial charge in [0.1, 0.15) is 11.6 Å². The zero-order valence-corrected chi connectivity index (χ0v) is 16.9. The van der Waals surface area contributed by atoms with Gasteiger partial charge in [0.05, 0.1) is 42.1 Å². The number of halogens is 4. The molecule has 32 heavy (non-hydrogen) atoms. The molecule has 0 aliphatic heterocycles. The molecule has 1 saturated carbocycles. The number of alkyl halides is 3. The van der Waals surface area contributed by atoms with Crippen molar-refractivity contribution < 1.29 is 22.4 Å². The van der Waals surface area contributed by atoms with Crippen LogP contribution < -0.4 is 10.2 Å². The molecular weight excluding hydrogens is 430 g/mol. The second-order valence-electron chi connectivity index (χ2n) is 7.43. The van der Waals surface area contributed by atoms with Gasteiger partial charge in [-0.05, 0) is 37.5 Å². The highest BCUT2D eigenvalue weighted by Crippen LogP contribution is 2.30. The molecule has 2 aromatic heterocycles. The minimum atomic E-state index is -4.57. The van der Waals surface area contributed by atoms with Crippen LogP contribution in [0, 0.1) is 5.82 Å². The molecule has 2 heterocycles. The largest absolute Gasteiger partial charge is 0.434 e. The zero-order chi connectivity index (χ0) is 22.9. The van der Waals surface area contributed by atoms with Gasteiger partial charge in [-0.2, -0.15) is 28.2 Å². The highest BCUT2D eigenvalue weighted by Gasteiger charge is 2.35. The Hall–Kier alpha value is -3.57. The summed E-state index contributed by atoms with van der Waals surface area (Å²) in [6, 6.07) is 3.21. The molecule has 1 fully saturated rings. The number of hydrogen-bond donors (Lipinski definition) is 1. The first-order valence-corrected chi connectivity index (χ1v) is 9.83. The standard InChI is InChI=1S/C20H19F4N7O/c1-30(18-11-25-17(10-26-18)20(22,23)24)16-4-2-3-14(16)29-19(32)13-9-12(21)5-6-15(13)31-27-7-8-28-31/h5-11,14,16H,2-4H2,1H3,(H,29,32)/t14?,16-/m0/s1. The molecule has 1 aliphatic rings. The van der Waals surface area contributed by atoms with Crippen LogP contribution in [0.3, 0.4) is 0 Å². The Bertz CT molecular complexity index is 1090. The Labute approximate surface area is 180 Å². The Balaban J connectivity index is 1.52. The number of likely N-dealkylation sites (N-methyl/N-ethyl adjacent to an activating group) is 1. The molecule has 8 nitrogen and oxygen atoms in total. The first kappa shape index (κ1) is 21.7. The molecule has 0 radical (unpaired) electrons. The molecule has 3 aromatic rings. The lowest BCUT2D eigenvalue weighted by molar-refractivity contribution is -0.141. The minimum absolute atomic E-state index is 0.0730. The summed E-state index contributed by atoms with van der Waals surface area (Å²) in [7, 11) is 1.69. The number of nitrogens with one attached hydrogen (secondary N) is 1. The van der Waals surface area contributed by atoms with Crippen molar-refractivity contribution in [3.05, 3.63) is 60.1 Å². The first-order chi connectivity index (χ1) is 15.2. The van der Waals surface area contributed by atoms with E-state index in [2.05, 4.69) is 25.5 Å². The normalized spacial score (nSPS) is 18.5. The molecule has 1 amide bonds. The van der Waals surface area contributed by atoms with E-state index in [0.717, 1.165) is 18.7 Å². The van der Waals surface area contributed by atoms with Gasteiger partial charge in [-0.15, -0.1) is 0 Å². The number of carbonyl (C=O) groups is 1. The lowest BCUT2D eigenvalue weighted by atomic mass is 10.1. The Morgan fingerprint density at radius 1 is 1.16 bits per heavy atom. The smallest absolute Gasteiger partial charge is 0.353 e. The molecule has 1 aliphatic carbocycles. The van der Waals surface area contributed by atoms with Crippen LogP contribution in [0.4, 0.5) is 23.4 Å². The molecule has 2 atom stereocenters. The zero-order valence-electron chi connectivity index (χ0n) is 16.9. The second-order valence-corrected chi connectivity index (χ2v) is 7.43. The molecule has 1 N–H and O–H groups in total. The fourth-order valence-corrected chi connectivity index (χ4v) is 3.84. The Morgan fingerprint density at radius 2 is 1.91 bits per heavy atom. The third kappa shape index (κ3) is 4.39. The van der Waals surface area contributed by atoms with Gasteiger partial charge in [0.25, 0.3) is 5.91 Å². The maximum Gasteiger partial charge on any atom is 0.434 e. The quantitative estimate of drug-likeness (QED) is 0.603. The topological polar surface area (TPSA) is 88.8 Å². The number of amides is 1. The van der Waals surface area contributed by atoms with Crippen molar-refractivity contribution in [1.82, 2.24) is 30.3 Å². The molecule has 12 heteroatoms. The lowest BCUT2D eigenvalue weighted by Crippen LogP contribution is -2.48. The molecule has 4 rings (SSSR count). The maximum atomic E-state index is 13.9. The van der Waals surface area contributed by atoms with Crippen molar-refractivity contribution in [1.29, 1.82) is 0 Å². The molecular formula is C20H19F4N7O. The number of hydrogen-bond acceptors (Lipinski definition) is 6. The van der Waals surface area contributed by atoms with Crippen LogP contribution in [-0.2, 0) is 6.18 Å². The van der Waals surface area contributed by atoms with Gasteiger partial charge in [-0.25, -0.2) is 14.4 Å². The van der Waals surface area contributed by atoms with Gasteiger partial charge in [0.2, 0.25) is 0 Å². The number of nitrogens with zero attached hydrogens (tertiary/aromatic N) is 6. The van der Waals surface area contributed by atoms with Crippen LogP contribution in [0.15, 0.2) is 43.0 Å². The van der Waals surface area contributed by atoms with Gasteiger partial charge in [0.15, 0.2) is 5.69 Å². The summed E-state index contributed by atoms with van der Waals surface area (Å²) in [5, 5.41) is 10.9. The van der Waals surface area contributed by atoms with Gasteiger partial charge in [-0.3, -0.25) is 4.79 Å². The summed E-state index contributed by atoms with van der Waals surface area (Å²) >= 11 is 0. The van der Waals surface area contributed by atoms with E-state index >= 15 is 0 Å². The van der Waals surface area contributed by atoms with E-state index in [1.54, 1.807) is 11.9 Å². The summed E-state index contributed by atoms with van der Waals surface area (Å²) in [6.45, 7) is 0. The van der Waals surface area contributed by atoms with Crippen molar-refractivity contribution >= 4 is 11.7 Å². The SMILES string of the molecule is CN(c1cnc(C(F)(F)F)cn1)[C@H]1CCCC1NC(=O)c1cc(F)ccc1-n1nccn1. The van der Waals surface area contributed by atoms with Crippen LogP contribution in [0.2, 0.25) is 0 Å². The van der Waals surface area contributed by atoms with E-state index in [9.17, 15) is 22.4 Å². The highest BCUT2D eigenvalue weighted by molar-refractivity contribution is 5.98. The molecule has 168 valence electrons. The van der Waals surface area contributed by atoms with Crippen LogP contribution in [-0.4, -0.2) is 50.0 Å². The predicted molar refractivity (Wildman–Crippen MR) is 106 cm³/mol. The predicted octanol–water partition coefficient (Wildman–Crippen LogP) is 3.00. The first-order valence-electron chi connectivity index (χ1n) is 9.83. The van der Waals surface area contributed by atoms with Crippen LogP contribution in [0.5, 0.6) is 0 Å². The number of carbonyl (C=O) groups excluding carboxylic acids is 1. The third-order valence-corrected chi connectivity index (χ3v) is 5.42. The summed E-state index contributed by atoms with van der Waals surface area (Å²) < 4.78 is 52.1.